The molecule has 3 unspecified atom stereocenters. The molecule has 3 atom stereocenters. The van der Waals surface area contributed by atoms with Crippen LogP contribution in [0.2, 0.25) is 0 Å². The summed E-state index contributed by atoms with van der Waals surface area (Å²) >= 11 is 0. The highest BCUT2D eigenvalue weighted by atomic mass is 16.2. The molecule has 0 radical (unpaired) electrons. The van der Waals surface area contributed by atoms with Crippen molar-refractivity contribution in [2.24, 2.45) is 17.6 Å². The van der Waals surface area contributed by atoms with E-state index < -0.39 is 0 Å². The maximum absolute atomic E-state index is 11.3. The first-order valence-electron chi connectivity index (χ1n) is 7.31. The lowest BCUT2D eigenvalue weighted by molar-refractivity contribution is -0.131. The number of carbonyl (C=O) groups is 1. The van der Waals surface area contributed by atoms with Gasteiger partial charge in [0.25, 0.3) is 0 Å². The van der Waals surface area contributed by atoms with Crippen LogP contribution >= 0.6 is 0 Å². The van der Waals surface area contributed by atoms with E-state index in [2.05, 4.69) is 11.8 Å². The van der Waals surface area contributed by atoms with Gasteiger partial charge in [-0.25, -0.2) is 0 Å². The molecule has 18 heavy (non-hydrogen) atoms. The standard InChI is InChI=1S/C14H27N3O/c1-11-3-4-13(10-15)14(9-11)17-7-5-16(6-8-17)12(2)18/h11,13-14H,3-10,15H2,1-2H3. The van der Waals surface area contributed by atoms with E-state index in [1.807, 2.05) is 4.90 Å². The fourth-order valence-corrected chi connectivity index (χ4v) is 3.50. The van der Waals surface area contributed by atoms with Crippen LogP contribution in [0.4, 0.5) is 0 Å². The molecule has 0 bridgehead atoms. The summed E-state index contributed by atoms with van der Waals surface area (Å²) in [5.74, 6) is 1.69. The van der Waals surface area contributed by atoms with Gasteiger partial charge in [-0.05, 0) is 31.2 Å². The summed E-state index contributed by atoms with van der Waals surface area (Å²) in [6, 6.07) is 0.646. The van der Waals surface area contributed by atoms with Crippen molar-refractivity contribution in [2.45, 2.75) is 39.2 Å². The topological polar surface area (TPSA) is 49.6 Å². The Balaban J connectivity index is 1.92. The van der Waals surface area contributed by atoms with E-state index in [4.69, 9.17) is 5.73 Å². The van der Waals surface area contributed by atoms with Gasteiger partial charge < -0.3 is 10.6 Å². The number of nitrogens with two attached hydrogens (primary N) is 1. The zero-order chi connectivity index (χ0) is 13.1. The minimum absolute atomic E-state index is 0.210. The number of carbonyl (C=O) groups excluding carboxylic acids is 1. The second kappa shape index (κ2) is 6.02. The molecule has 0 aromatic rings. The molecular weight excluding hydrogens is 226 g/mol. The fraction of sp³-hybridized carbons (Fsp3) is 0.929. The minimum atomic E-state index is 0.210. The van der Waals surface area contributed by atoms with E-state index in [1.165, 1.54) is 19.3 Å². The molecule has 4 heteroatoms. The Kier molecular flexibility index (Phi) is 4.62. The van der Waals surface area contributed by atoms with Crippen LogP contribution in [0.3, 0.4) is 0 Å². The van der Waals surface area contributed by atoms with Crippen LogP contribution in [0, 0.1) is 11.8 Å². The van der Waals surface area contributed by atoms with Gasteiger partial charge in [-0.1, -0.05) is 13.3 Å². The lowest BCUT2D eigenvalue weighted by Gasteiger charge is -2.45. The summed E-state index contributed by atoms with van der Waals surface area (Å²) in [6.07, 6.45) is 3.88. The van der Waals surface area contributed by atoms with Crippen LogP contribution in [0.15, 0.2) is 0 Å². The van der Waals surface area contributed by atoms with E-state index in [9.17, 15) is 4.79 Å². The Morgan fingerprint density at radius 1 is 1.22 bits per heavy atom. The van der Waals surface area contributed by atoms with Crippen LogP contribution < -0.4 is 5.73 Å². The Labute approximate surface area is 110 Å². The molecule has 1 heterocycles. The summed E-state index contributed by atoms with van der Waals surface area (Å²) in [4.78, 5) is 15.9. The van der Waals surface area contributed by atoms with Crippen LogP contribution in [0.25, 0.3) is 0 Å². The Morgan fingerprint density at radius 2 is 1.89 bits per heavy atom. The van der Waals surface area contributed by atoms with Gasteiger partial charge in [0.15, 0.2) is 0 Å². The molecule has 1 saturated carbocycles. The molecule has 2 aliphatic rings. The number of rotatable bonds is 2. The van der Waals surface area contributed by atoms with Gasteiger partial charge in [-0.2, -0.15) is 0 Å². The highest BCUT2D eigenvalue weighted by Gasteiger charge is 2.33. The third-order valence-electron chi connectivity index (χ3n) is 4.75. The highest BCUT2D eigenvalue weighted by molar-refractivity contribution is 5.73. The van der Waals surface area contributed by atoms with Gasteiger partial charge in [-0.15, -0.1) is 0 Å². The van der Waals surface area contributed by atoms with Crippen molar-refractivity contribution in [1.29, 1.82) is 0 Å². The van der Waals surface area contributed by atoms with E-state index in [0.29, 0.717) is 12.0 Å². The summed E-state index contributed by atoms with van der Waals surface area (Å²) in [5.41, 5.74) is 5.93. The zero-order valence-corrected chi connectivity index (χ0v) is 11.8. The lowest BCUT2D eigenvalue weighted by atomic mass is 9.78. The quantitative estimate of drug-likeness (QED) is 0.796. The van der Waals surface area contributed by atoms with Crippen molar-refractivity contribution in [3.63, 3.8) is 0 Å². The van der Waals surface area contributed by atoms with Crippen molar-refractivity contribution in [3.8, 4) is 0 Å². The minimum Gasteiger partial charge on any atom is -0.340 e. The van der Waals surface area contributed by atoms with Crippen molar-refractivity contribution in [1.82, 2.24) is 9.80 Å². The first-order chi connectivity index (χ1) is 8.61. The van der Waals surface area contributed by atoms with E-state index in [0.717, 1.165) is 38.6 Å². The Morgan fingerprint density at radius 3 is 2.44 bits per heavy atom. The number of nitrogens with zero attached hydrogens (tertiary/aromatic N) is 2. The van der Waals surface area contributed by atoms with Crippen molar-refractivity contribution < 1.29 is 4.79 Å². The van der Waals surface area contributed by atoms with Crippen LogP contribution in [-0.4, -0.2) is 54.5 Å². The number of piperazine rings is 1. The molecular formula is C14H27N3O. The van der Waals surface area contributed by atoms with Crippen LogP contribution in [0.1, 0.15) is 33.1 Å². The van der Waals surface area contributed by atoms with Gasteiger partial charge >= 0.3 is 0 Å². The van der Waals surface area contributed by atoms with Crippen molar-refractivity contribution in [3.05, 3.63) is 0 Å². The summed E-state index contributed by atoms with van der Waals surface area (Å²) < 4.78 is 0. The molecule has 0 aromatic carbocycles. The average molecular weight is 253 g/mol. The Bertz CT molecular complexity index is 287. The molecule has 4 nitrogen and oxygen atoms in total. The van der Waals surface area contributed by atoms with Crippen LogP contribution in [0.5, 0.6) is 0 Å². The average Bonchev–Trinajstić information content (AvgIpc) is 2.39. The normalized spacial score (nSPS) is 34.6. The third kappa shape index (κ3) is 3.04. The predicted molar refractivity (Wildman–Crippen MR) is 73.2 cm³/mol. The molecule has 0 aromatic heterocycles. The molecule has 2 rings (SSSR count). The number of amides is 1. The smallest absolute Gasteiger partial charge is 0.219 e. The van der Waals surface area contributed by atoms with E-state index in [-0.39, 0.29) is 5.91 Å². The van der Waals surface area contributed by atoms with Crippen molar-refractivity contribution >= 4 is 5.91 Å². The summed E-state index contributed by atoms with van der Waals surface area (Å²) in [6.45, 7) is 8.65. The number of hydrogen-bond donors (Lipinski definition) is 1. The van der Waals surface area contributed by atoms with Crippen LogP contribution in [-0.2, 0) is 4.79 Å². The van der Waals surface area contributed by atoms with E-state index >= 15 is 0 Å². The molecule has 1 saturated heterocycles. The molecule has 1 aliphatic carbocycles. The number of hydrogen-bond acceptors (Lipinski definition) is 3. The monoisotopic (exact) mass is 253 g/mol. The maximum Gasteiger partial charge on any atom is 0.219 e. The molecule has 104 valence electrons. The van der Waals surface area contributed by atoms with E-state index in [1.54, 1.807) is 6.92 Å². The largest absolute Gasteiger partial charge is 0.340 e. The third-order valence-corrected chi connectivity index (χ3v) is 4.75. The maximum atomic E-state index is 11.3. The van der Waals surface area contributed by atoms with Gasteiger partial charge in [0.1, 0.15) is 0 Å². The zero-order valence-electron chi connectivity index (χ0n) is 11.8. The summed E-state index contributed by atoms with van der Waals surface area (Å²) in [7, 11) is 0. The molecule has 1 aliphatic heterocycles. The van der Waals surface area contributed by atoms with Gasteiger partial charge in [0, 0.05) is 39.1 Å². The second-order valence-electron chi connectivity index (χ2n) is 6.02. The molecule has 2 fully saturated rings. The lowest BCUT2D eigenvalue weighted by Crippen LogP contribution is -2.55. The summed E-state index contributed by atoms with van der Waals surface area (Å²) in [5, 5.41) is 0. The van der Waals surface area contributed by atoms with Gasteiger partial charge in [0.2, 0.25) is 5.91 Å². The predicted octanol–water partition coefficient (Wildman–Crippen LogP) is 0.914. The van der Waals surface area contributed by atoms with Gasteiger partial charge in [0.05, 0.1) is 0 Å². The fourth-order valence-electron chi connectivity index (χ4n) is 3.50. The van der Waals surface area contributed by atoms with Crippen molar-refractivity contribution in [2.75, 3.05) is 32.7 Å². The Hall–Kier alpha value is -0.610. The first kappa shape index (κ1) is 13.8. The molecule has 0 spiro atoms. The molecule has 2 N–H and O–H groups in total. The second-order valence-corrected chi connectivity index (χ2v) is 6.02. The highest BCUT2D eigenvalue weighted by Crippen LogP contribution is 2.32. The SMILES string of the molecule is CC(=O)N1CCN(C2CC(C)CCC2CN)CC1. The van der Waals surface area contributed by atoms with Gasteiger partial charge in [-0.3, -0.25) is 9.69 Å². The molecule has 1 amide bonds. The first-order valence-corrected chi connectivity index (χ1v) is 7.31.